The summed E-state index contributed by atoms with van der Waals surface area (Å²) in [7, 11) is 0. The second-order valence-electron chi connectivity index (χ2n) is 6.32. The SMILES string of the molecule is CCc1ccccc1Nc1cc(C)nc(N2CCN(C(C)=O)CC2)n1. The van der Waals surface area contributed by atoms with Gasteiger partial charge in [0.05, 0.1) is 0 Å². The molecule has 0 radical (unpaired) electrons. The molecule has 1 saturated heterocycles. The molecule has 1 N–H and O–H groups in total. The maximum absolute atomic E-state index is 11.5. The van der Waals surface area contributed by atoms with Crippen molar-refractivity contribution in [3.05, 3.63) is 41.6 Å². The average Bonchev–Trinajstić information content (AvgIpc) is 2.62. The highest BCUT2D eigenvalue weighted by Crippen LogP contribution is 2.22. The molecule has 3 rings (SSSR count). The van der Waals surface area contributed by atoms with Crippen LogP contribution >= 0.6 is 0 Å². The highest BCUT2D eigenvalue weighted by atomic mass is 16.2. The Bertz CT molecular complexity index is 753. The Kier molecular flexibility index (Phi) is 5.16. The Labute approximate surface area is 148 Å². The molecular formula is C19H25N5O. The zero-order valence-electron chi connectivity index (χ0n) is 15.1. The Balaban J connectivity index is 1.78. The van der Waals surface area contributed by atoms with Crippen molar-refractivity contribution in [1.29, 1.82) is 0 Å². The number of carbonyl (C=O) groups excluding carboxylic acids is 1. The molecule has 0 spiro atoms. The number of benzene rings is 1. The highest BCUT2D eigenvalue weighted by Gasteiger charge is 2.21. The van der Waals surface area contributed by atoms with Gasteiger partial charge in [0.15, 0.2) is 0 Å². The van der Waals surface area contributed by atoms with E-state index in [2.05, 4.69) is 40.3 Å². The first-order chi connectivity index (χ1) is 12.1. The lowest BCUT2D eigenvalue weighted by atomic mass is 10.1. The molecule has 6 nitrogen and oxygen atoms in total. The molecule has 0 saturated carbocycles. The monoisotopic (exact) mass is 339 g/mol. The van der Waals surface area contributed by atoms with Crippen LogP contribution in [0.4, 0.5) is 17.5 Å². The van der Waals surface area contributed by atoms with E-state index in [1.54, 1.807) is 6.92 Å². The molecule has 6 heteroatoms. The van der Waals surface area contributed by atoms with Crippen molar-refractivity contribution < 1.29 is 4.79 Å². The lowest BCUT2D eigenvalue weighted by Crippen LogP contribution is -2.48. The Hall–Kier alpha value is -2.63. The number of carbonyl (C=O) groups is 1. The van der Waals surface area contributed by atoms with Crippen LogP contribution in [-0.2, 0) is 11.2 Å². The van der Waals surface area contributed by atoms with Gasteiger partial charge in [0.1, 0.15) is 5.82 Å². The van der Waals surface area contributed by atoms with E-state index >= 15 is 0 Å². The summed E-state index contributed by atoms with van der Waals surface area (Å²) in [5.74, 6) is 1.65. The molecule has 2 heterocycles. The number of amides is 1. The summed E-state index contributed by atoms with van der Waals surface area (Å²) in [6, 6.07) is 10.2. The number of para-hydroxylation sites is 1. The number of nitrogens with one attached hydrogen (secondary N) is 1. The fourth-order valence-corrected chi connectivity index (χ4v) is 3.07. The Morgan fingerprint density at radius 2 is 1.88 bits per heavy atom. The van der Waals surface area contributed by atoms with Crippen molar-refractivity contribution in [3.8, 4) is 0 Å². The lowest BCUT2D eigenvalue weighted by molar-refractivity contribution is -0.129. The first-order valence-electron chi connectivity index (χ1n) is 8.78. The first kappa shape index (κ1) is 17.2. The minimum atomic E-state index is 0.128. The summed E-state index contributed by atoms with van der Waals surface area (Å²) in [6.07, 6.45) is 0.965. The number of piperazine rings is 1. The molecule has 1 aromatic carbocycles. The van der Waals surface area contributed by atoms with Gasteiger partial charge in [0, 0.05) is 50.6 Å². The van der Waals surface area contributed by atoms with E-state index < -0.39 is 0 Å². The van der Waals surface area contributed by atoms with E-state index in [9.17, 15) is 4.79 Å². The first-order valence-corrected chi connectivity index (χ1v) is 8.78. The molecule has 0 aliphatic carbocycles. The van der Waals surface area contributed by atoms with Crippen LogP contribution in [0.2, 0.25) is 0 Å². The summed E-state index contributed by atoms with van der Waals surface area (Å²) in [5, 5.41) is 3.43. The molecule has 0 atom stereocenters. The zero-order chi connectivity index (χ0) is 17.8. The van der Waals surface area contributed by atoms with Crippen molar-refractivity contribution in [2.45, 2.75) is 27.2 Å². The molecule has 2 aromatic rings. The fourth-order valence-electron chi connectivity index (χ4n) is 3.07. The van der Waals surface area contributed by atoms with Crippen LogP contribution in [0.1, 0.15) is 25.1 Å². The van der Waals surface area contributed by atoms with Crippen molar-refractivity contribution >= 4 is 23.4 Å². The van der Waals surface area contributed by atoms with E-state index in [1.165, 1.54) is 5.56 Å². The molecule has 1 aromatic heterocycles. The predicted octanol–water partition coefficient (Wildman–Crippen LogP) is 2.76. The molecule has 25 heavy (non-hydrogen) atoms. The standard InChI is InChI=1S/C19H25N5O/c1-4-16-7-5-6-8-17(16)21-18-13-14(2)20-19(22-18)24-11-9-23(10-12-24)15(3)25/h5-8,13H,4,9-12H2,1-3H3,(H,20,21,22). The number of aromatic nitrogens is 2. The molecular weight excluding hydrogens is 314 g/mol. The van der Waals surface area contributed by atoms with Crippen molar-refractivity contribution in [3.63, 3.8) is 0 Å². The number of anilines is 3. The van der Waals surface area contributed by atoms with E-state index in [0.29, 0.717) is 13.1 Å². The predicted molar refractivity (Wildman–Crippen MR) is 100 cm³/mol. The largest absolute Gasteiger partial charge is 0.340 e. The van der Waals surface area contributed by atoms with Crippen molar-refractivity contribution in [2.24, 2.45) is 0 Å². The van der Waals surface area contributed by atoms with Crippen LogP contribution in [-0.4, -0.2) is 47.0 Å². The lowest BCUT2D eigenvalue weighted by Gasteiger charge is -2.34. The summed E-state index contributed by atoms with van der Waals surface area (Å²) < 4.78 is 0. The highest BCUT2D eigenvalue weighted by molar-refractivity contribution is 5.73. The maximum atomic E-state index is 11.5. The minimum Gasteiger partial charge on any atom is -0.340 e. The van der Waals surface area contributed by atoms with Gasteiger partial charge >= 0.3 is 0 Å². The number of aryl methyl sites for hydroxylation is 2. The van der Waals surface area contributed by atoms with Crippen LogP contribution in [0.5, 0.6) is 0 Å². The fraction of sp³-hybridized carbons (Fsp3) is 0.421. The molecule has 0 unspecified atom stereocenters. The minimum absolute atomic E-state index is 0.128. The van der Waals surface area contributed by atoms with Gasteiger partial charge in [-0.25, -0.2) is 4.98 Å². The molecule has 1 amide bonds. The quantitative estimate of drug-likeness (QED) is 0.928. The Morgan fingerprint density at radius 1 is 1.16 bits per heavy atom. The summed E-state index contributed by atoms with van der Waals surface area (Å²) in [4.78, 5) is 24.8. The van der Waals surface area contributed by atoms with E-state index in [4.69, 9.17) is 4.98 Å². The van der Waals surface area contributed by atoms with Crippen LogP contribution in [0.25, 0.3) is 0 Å². The van der Waals surface area contributed by atoms with Gasteiger partial charge in [0.2, 0.25) is 11.9 Å². The molecule has 1 aliphatic heterocycles. The maximum Gasteiger partial charge on any atom is 0.227 e. The second-order valence-corrected chi connectivity index (χ2v) is 6.32. The third-order valence-corrected chi connectivity index (χ3v) is 4.51. The number of hydrogen-bond acceptors (Lipinski definition) is 5. The van der Waals surface area contributed by atoms with Gasteiger partial charge in [-0.05, 0) is 25.0 Å². The van der Waals surface area contributed by atoms with Crippen molar-refractivity contribution in [2.75, 3.05) is 36.4 Å². The van der Waals surface area contributed by atoms with Gasteiger partial charge in [-0.2, -0.15) is 4.98 Å². The summed E-state index contributed by atoms with van der Waals surface area (Å²) in [5.41, 5.74) is 3.27. The third-order valence-electron chi connectivity index (χ3n) is 4.51. The van der Waals surface area contributed by atoms with Crippen LogP contribution in [0.15, 0.2) is 30.3 Å². The van der Waals surface area contributed by atoms with Crippen molar-refractivity contribution in [1.82, 2.24) is 14.9 Å². The smallest absolute Gasteiger partial charge is 0.227 e. The molecule has 0 bridgehead atoms. The van der Waals surface area contributed by atoms with Gasteiger partial charge in [-0.1, -0.05) is 25.1 Å². The van der Waals surface area contributed by atoms with Crippen LogP contribution in [0.3, 0.4) is 0 Å². The van der Waals surface area contributed by atoms with E-state index in [1.807, 2.05) is 24.0 Å². The Morgan fingerprint density at radius 3 is 2.56 bits per heavy atom. The third kappa shape index (κ3) is 4.07. The van der Waals surface area contributed by atoms with Gasteiger partial charge in [-0.15, -0.1) is 0 Å². The van der Waals surface area contributed by atoms with Gasteiger partial charge in [0.25, 0.3) is 0 Å². The van der Waals surface area contributed by atoms with Crippen LogP contribution in [0, 0.1) is 6.92 Å². The van der Waals surface area contributed by atoms with Crippen LogP contribution < -0.4 is 10.2 Å². The topological polar surface area (TPSA) is 61.4 Å². The second kappa shape index (κ2) is 7.51. The summed E-state index contributed by atoms with van der Waals surface area (Å²) in [6.45, 7) is 8.69. The zero-order valence-corrected chi connectivity index (χ0v) is 15.1. The normalized spacial score (nSPS) is 14.5. The number of hydrogen-bond donors (Lipinski definition) is 1. The molecule has 1 fully saturated rings. The molecule has 132 valence electrons. The summed E-state index contributed by atoms with van der Waals surface area (Å²) >= 11 is 0. The number of rotatable bonds is 4. The van der Waals surface area contributed by atoms with E-state index in [-0.39, 0.29) is 5.91 Å². The average molecular weight is 339 g/mol. The number of nitrogens with zero attached hydrogens (tertiary/aromatic N) is 4. The van der Waals surface area contributed by atoms with Gasteiger partial charge < -0.3 is 15.1 Å². The molecule has 1 aliphatic rings. The van der Waals surface area contributed by atoms with E-state index in [0.717, 1.165) is 42.7 Å². The van der Waals surface area contributed by atoms with Gasteiger partial charge in [-0.3, -0.25) is 4.79 Å².